The predicted molar refractivity (Wildman–Crippen MR) is 86.6 cm³/mol. The zero-order valence-electron chi connectivity index (χ0n) is 13.3. The van der Waals surface area contributed by atoms with Crippen LogP contribution in [0, 0.1) is 17.2 Å². The van der Waals surface area contributed by atoms with Gasteiger partial charge in [-0.1, -0.05) is 36.4 Å². The first kappa shape index (κ1) is 15.9. The van der Waals surface area contributed by atoms with Crippen molar-refractivity contribution in [3.63, 3.8) is 0 Å². The van der Waals surface area contributed by atoms with Crippen LogP contribution in [-0.2, 0) is 9.53 Å². The molecule has 122 valence electrons. The van der Waals surface area contributed by atoms with Crippen molar-refractivity contribution < 1.29 is 19.0 Å². The number of esters is 1. The summed E-state index contributed by atoms with van der Waals surface area (Å²) >= 11 is 0. The second-order valence-corrected chi connectivity index (χ2v) is 5.36. The molecule has 0 amide bonds. The molecule has 0 saturated carbocycles. The lowest BCUT2D eigenvalue weighted by Crippen LogP contribution is -2.24. The van der Waals surface area contributed by atoms with Gasteiger partial charge in [-0.05, 0) is 30.2 Å². The Kier molecular flexibility index (Phi) is 4.66. The van der Waals surface area contributed by atoms with Crippen LogP contribution >= 0.6 is 0 Å². The molecule has 1 aliphatic rings. The molecule has 0 bridgehead atoms. The molecular weight excluding hydrogens is 306 g/mol. The van der Waals surface area contributed by atoms with E-state index >= 15 is 0 Å². The Bertz CT molecular complexity index is 767. The number of carbonyl (C=O) groups excluding carboxylic acids is 1. The molecule has 0 saturated heterocycles. The number of carbonyl (C=O) groups is 1. The average Bonchev–Trinajstić information content (AvgIpc) is 3.08. The van der Waals surface area contributed by atoms with Gasteiger partial charge in [0.2, 0.25) is 6.79 Å². The van der Waals surface area contributed by atoms with Crippen LogP contribution in [-0.4, -0.2) is 19.4 Å². The standard InChI is InChI=1S/C19H17NO4/c1-2-22-19(21)15(11-20)18(13-6-4-3-5-7-13)14-8-9-16-17(10-14)24-12-23-16/h3-10,15,18H,2,12H2,1H3/t15-,18+/m1/s1. The third kappa shape index (κ3) is 3.04. The van der Waals surface area contributed by atoms with E-state index in [0.717, 1.165) is 11.1 Å². The monoisotopic (exact) mass is 323 g/mol. The number of benzene rings is 2. The van der Waals surface area contributed by atoms with Crippen LogP contribution in [0.2, 0.25) is 0 Å². The minimum absolute atomic E-state index is 0.175. The summed E-state index contributed by atoms with van der Waals surface area (Å²) in [7, 11) is 0. The van der Waals surface area contributed by atoms with E-state index in [1.807, 2.05) is 42.5 Å². The highest BCUT2D eigenvalue weighted by atomic mass is 16.7. The van der Waals surface area contributed by atoms with Crippen LogP contribution in [0.3, 0.4) is 0 Å². The van der Waals surface area contributed by atoms with E-state index in [1.54, 1.807) is 13.0 Å². The molecule has 0 unspecified atom stereocenters. The van der Waals surface area contributed by atoms with Crippen LogP contribution in [0.1, 0.15) is 24.0 Å². The molecule has 3 rings (SSSR count). The van der Waals surface area contributed by atoms with E-state index in [9.17, 15) is 10.1 Å². The summed E-state index contributed by atoms with van der Waals surface area (Å²) in [5.41, 5.74) is 1.68. The summed E-state index contributed by atoms with van der Waals surface area (Å²) in [4.78, 5) is 12.3. The van der Waals surface area contributed by atoms with Gasteiger partial charge in [-0.25, -0.2) is 0 Å². The molecule has 24 heavy (non-hydrogen) atoms. The third-order valence-electron chi connectivity index (χ3n) is 3.93. The fraction of sp³-hybridized carbons (Fsp3) is 0.263. The van der Waals surface area contributed by atoms with Gasteiger partial charge >= 0.3 is 5.97 Å². The summed E-state index contributed by atoms with van der Waals surface area (Å²) in [5.74, 6) is -0.617. The van der Waals surface area contributed by atoms with E-state index in [2.05, 4.69) is 6.07 Å². The van der Waals surface area contributed by atoms with Crippen LogP contribution < -0.4 is 9.47 Å². The molecule has 0 fully saturated rings. The molecule has 1 aliphatic heterocycles. The molecule has 2 aromatic rings. The smallest absolute Gasteiger partial charge is 0.324 e. The number of nitriles is 1. The van der Waals surface area contributed by atoms with Gasteiger partial charge in [0.15, 0.2) is 17.4 Å². The highest BCUT2D eigenvalue weighted by molar-refractivity contribution is 5.77. The highest BCUT2D eigenvalue weighted by Crippen LogP contribution is 2.39. The Morgan fingerprint density at radius 3 is 2.62 bits per heavy atom. The van der Waals surface area contributed by atoms with E-state index in [1.165, 1.54) is 0 Å². The zero-order valence-corrected chi connectivity index (χ0v) is 13.3. The maximum atomic E-state index is 12.3. The molecule has 5 heteroatoms. The number of hydrogen-bond acceptors (Lipinski definition) is 5. The van der Waals surface area contributed by atoms with Gasteiger partial charge in [-0.15, -0.1) is 0 Å². The SMILES string of the molecule is CCOC(=O)[C@H](C#N)[C@@H](c1ccccc1)c1ccc2c(c1)OCO2. The summed E-state index contributed by atoms with van der Waals surface area (Å²) in [6, 6.07) is 17.0. The summed E-state index contributed by atoms with van der Waals surface area (Å²) < 4.78 is 15.9. The van der Waals surface area contributed by atoms with Crippen molar-refractivity contribution in [2.24, 2.45) is 5.92 Å². The normalized spacial score (nSPS) is 14.5. The average molecular weight is 323 g/mol. The van der Waals surface area contributed by atoms with Gasteiger partial charge < -0.3 is 14.2 Å². The van der Waals surface area contributed by atoms with Gasteiger partial charge in [0.25, 0.3) is 0 Å². The fourth-order valence-electron chi connectivity index (χ4n) is 2.84. The first-order valence-corrected chi connectivity index (χ1v) is 7.75. The molecular formula is C19H17NO4. The number of nitrogens with zero attached hydrogens (tertiary/aromatic N) is 1. The van der Waals surface area contributed by atoms with E-state index in [-0.39, 0.29) is 13.4 Å². The largest absolute Gasteiger partial charge is 0.465 e. The van der Waals surface area contributed by atoms with Crippen molar-refractivity contribution in [2.75, 3.05) is 13.4 Å². The molecule has 2 aromatic carbocycles. The van der Waals surface area contributed by atoms with Crippen molar-refractivity contribution in [2.45, 2.75) is 12.8 Å². The van der Waals surface area contributed by atoms with Crippen molar-refractivity contribution in [3.05, 3.63) is 59.7 Å². The number of fused-ring (bicyclic) bond motifs is 1. The van der Waals surface area contributed by atoms with Gasteiger partial charge in [0.1, 0.15) is 0 Å². The lowest BCUT2D eigenvalue weighted by Gasteiger charge is -2.22. The zero-order chi connectivity index (χ0) is 16.9. The Morgan fingerprint density at radius 1 is 1.17 bits per heavy atom. The summed E-state index contributed by atoms with van der Waals surface area (Å²) in [5, 5.41) is 9.60. The number of ether oxygens (including phenoxy) is 3. The first-order chi connectivity index (χ1) is 11.7. The maximum absolute atomic E-state index is 12.3. The third-order valence-corrected chi connectivity index (χ3v) is 3.93. The van der Waals surface area contributed by atoms with E-state index in [0.29, 0.717) is 11.5 Å². The molecule has 1 heterocycles. The van der Waals surface area contributed by atoms with Gasteiger partial charge in [-0.3, -0.25) is 4.79 Å². The van der Waals surface area contributed by atoms with Crippen LogP contribution in [0.25, 0.3) is 0 Å². The Morgan fingerprint density at radius 2 is 1.92 bits per heavy atom. The maximum Gasteiger partial charge on any atom is 0.324 e. The van der Waals surface area contributed by atoms with Gasteiger partial charge in [0.05, 0.1) is 12.7 Å². The molecule has 0 N–H and O–H groups in total. The molecule has 0 spiro atoms. The first-order valence-electron chi connectivity index (χ1n) is 7.75. The van der Waals surface area contributed by atoms with Crippen LogP contribution in [0.4, 0.5) is 0 Å². The molecule has 0 aromatic heterocycles. The minimum Gasteiger partial charge on any atom is -0.465 e. The van der Waals surface area contributed by atoms with E-state index < -0.39 is 17.8 Å². The number of hydrogen-bond donors (Lipinski definition) is 0. The fourth-order valence-corrected chi connectivity index (χ4v) is 2.84. The van der Waals surface area contributed by atoms with Crippen molar-refractivity contribution >= 4 is 5.97 Å². The van der Waals surface area contributed by atoms with Crippen LogP contribution in [0.15, 0.2) is 48.5 Å². The lowest BCUT2D eigenvalue weighted by molar-refractivity contribution is -0.146. The molecule has 0 aliphatic carbocycles. The Balaban J connectivity index is 2.05. The van der Waals surface area contributed by atoms with Gasteiger partial charge in [-0.2, -0.15) is 5.26 Å². The Hall–Kier alpha value is -3.00. The number of rotatable bonds is 5. The second-order valence-electron chi connectivity index (χ2n) is 5.36. The predicted octanol–water partition coefficient (Wildman–Crippen LogP) is 3.25. The van der Waals surface area contributed by atoms with Crippen LogP contribution in [0.5, 0.6) is 11.5 Å². The topological polar surface area (TPSA) is 68.6 Å². The second kappa shape index (κ2) is 7.05. The molecule has 2 atom stereocenters. The van der Waals surface area contributed by atoms with Crippen molar-refractivity contribution in [1.29, 1.82) is 5.26 Å². The van der Waals surface area contributed by atoms with E-state index in [4.69, 9.17) is 14.2 Å². The highest BCUT2D eigenvalue weighted by Gasteiger charge is 2.33. The quantitative estimate of drug-likeness (QED) is 0.790. The van der Waals surface area contributed by atoms with Gasteiger partial charge in [0, 0.05) is 5.92 Å². The van der Waals surface area contributed by atoms with Crippen molar-refractivity contribution in [1.82, 2.24) is 0 Å². The minimum atomic E-state index is -0.937. The lowest BCUT2D eigenvalue weighted by atomic mass is 9.81. The summed E-state index contributed by atoms with van der Waals surface area (Å²) in [6.45, 7) is 2.14. The molecule has 5 nitrogen and oxygen atoms in total. The van der Waals surface area contributed by atoms with Crippen molar-refractivity contribution in [3.8, 4) is 17.6 Å². The molecule has 0 radical (unpaired) electrons. The summed E-state index contributed by atoms with van der Waals surface area (Å²) in [6.07, 6.45) is 0. The Labute approximate surface area is 140 Å².